The van der Waals surface area contributed by atoms with Gasteiger partial charge in [0.1, 0.15) is 10.5 Å². The molecule has 0 N–H and O–H groups in total. The fraction of sp³-hybridized carbons (Fsp3) is 1.00. The smallest absolute Gasteiger partial charge is 0.172 e. The summed E-state index contributed by atoms with van der Waals surface area (Å²) in [7, 11) is -0.256. The summed E-state index contributed by atoms with van der Waals surface area (Å²) in [6.07, 6.45) is 1.27. The van der Waals surface area contributed by atoms with Crippen molar-refractivity contribution in [2.75, 3.05) is 5.33 Å². The number of alkyl halides is 1. The lowest BCUT2D eigenvalue weighted by molar-refractivity contribution is 0.603. The summed E-state index contributed by atoms with van der Waals surface area (Å²) < 4.78 is 5.50. The first-order chi connectivity index (χ1) is 4.12. The summed E-state index contributed by atoms with van der Waals surface area (Å²) in [5.41, 5.74) is 0. The molecule has 0 spiro atoms. The van der Waals surface area contributed by atoms with E-state index in [-0.39, 0.29) is 0 Å². The lowest BCUT2D eigenvalue weighted by Gasteiger charge is -2.19. The Morgan fingerprint density at radius 1 is 1.56 bits per heavy atom. The first kappa shape index (κ1) is 9.87. The molecule has 0 aromatic heterocycles. The van der Waals surface area contributed by atoms with Gasteiger partial charge in [-0.3, -0.25) is 0 Å². The second-order valence-corrected chi connectivity index (χ2v) is 9.20. The summed E-state index contributed by atoms with van der Waals surface area (Å²) in [5, 5.41) is 1.12. The molecule has 0 rings (SSSR count). The molecule has 56 valence electrons. The molecule has 0 heterocycles. The van der Waals surface area contributed by atoms with E-state index in [1.54, 1.807) is 0 Å². The van der Waals surface area contributed by atoms with E-state index in [4.69, 9.17) is 4.12 Å². The molecule has 0 saturated carbocycles. The highest BCUT2D eigenvalue weighted by Crippen LogP contribution is 2.12. The Labute approximate surface area is 70.0 Å². The van der Waals surface area contributed by atoms with Crippen LogP contribution in [0.15, 0.2) is 0 Å². The molecule has 0 fully saturated rings. The quantitative estimate of drug-likeness (QED) is 0.519. The van der Waals surface area contributed by atoms with E-state index in [1.807, 2.05) is 0 Å². The van der Waals surface area contributed by atoms with Crippen LogP contribution in [0.4, 0.5) is 0 Å². The number of hydrogen-bond acceptors (Lipinski definition) is 1. The Hall–Kier alpha value is 0.874. The number of rotatable bonds is 4. The highest BCUT2D eigenvalue weighted by Gasteiger charge is 2.17. The average molecular weight is 227 g/mol. The topological polar surface area (TPSA) is 9.23 Å². The van der Waals surface area contributed by atoms with E-state index >= 15 is 0 Å². The molecule has 1 nitrogen and oxygen atoms in total. The first-order valence-electron chi connectivity index (χ1n) is 3.23. The molecule has 0 aliphatic heterocycles. The molecule has 4 heteroatoms. The molecule has 0 aliphatic rings. The van der Waals surface area contributed by atoms with E-state index in [2.05, 4.69) is 29.0 Å². The van der Waals surface area contributed by atoms with Crippen LogP contribution >= 0.6 is 15.9 Å². The van der Waals surface area contributed by atoms with Crippen LogP contribution in [0.3, 0.4) is 0 Å². The van der Waals surface area contributed by atoms with E-state index in [0.29, 0.717) is 0 Å². The third-order valence-corrected chi connectivity index (χ3v) is 8.00. The summed E-state index contributed by atoms with van der Waals surface area (Å²) in [4.78, 5) is 0. The molecular weight excluding hydrogens is 212 g/mol. The minimum atomic E-state index is -1.17. The lowest BCUT2D eigenvalue weighted by atomic mass is 10.6. The van der Waals surface area contributed by atoms with Gasteiger partial charge >= 0.3 is 0 Å². The van der Waals surface area contributed by atoms with Gasteiger partial charge in [0.2, 0.25) is 0 Å². The zero-order chi connectivity index (χ0) is 7.33. The molecule has 0 amide bonds. The van der Waals surface area contributed by atoms with Gasteiger partial charge in [0.15, 0.2) is 8.32 Å². The van der Waals surface area contributed by atoms with Gasteiger partial charge in [-0.25, -0.2) is 0 Å². The molecule has 0 bridgehead atoms. The average Bonchev–Trinajstić information content (AvgIpc) is 1.84. The van der Waals surface area contributed by atoms with Gasteiger partial charge in [0.25, 0.3) is 0 Å². The Kier molecular flexibility index (Phi) is 5.10. The standard InChI is InChI=1S/C5H15BrOSi2/c1-9(2,7-8)5-3-4-6/h3-5H2,1-2,8H3. The molecule has 0 atom stereocenters. The van der Waals surface area contributed by atoms with Crippen molar-refractivity contribution in [2.45, 2.75) is 25.6 Å². The van der Waals surface area contributed by atoms with Gasteiger partial charge in [0.05, 0.1) is 0 Å². The van der Waals surface area contributed by atoms with Crippen LogP contribution in [0, 0.1) is 0 Å². The van der Waals surface area contributed by atoms with Crippen LogP contribution in [-0.4, -0.2) is 24.1 Å². The molecule has 0 unspecified atom stereocenters. The van der Waals surface area contributed by atoms with Crippen molar-refractivity contribution in [3.63, 3.8) is 0 Å². The van der Waals surface area contributed by atoms with Gasteiger partial charge in [0, 0.05) is 5.33 Å². The number of halogens is 1. The molecule has 9 heavy (non-hydrogen) atoms. The zero-order valence-electron chi connectivity index (χ0n) is 6.41. The van der Waals surface area contributed by atoms with Crippen molar-refractivity contribution in [1.82, 2.24) is 0 Å². The van der Waals surface area contributed by atoms with E-state index in [0.717, 1.165) is 15.8 Å². The molecular formula is C5H15BrOSi2. The maximum atomic E-state index is 5.50. The van der Waals surface area contributed by atoms with E-state index in [9.17, 15) is 0 Å². The third kappa shape index (κ3) is 5.32. The van der Waals surface area contributed by atoms with Crippen molar-refractivity contribution in [2.24, 2.45) is 0 Å². The second kappa shape index (κ2) is 4.65. The Bertz CT molecular complexity index is 77.4. The summed E-state index contributed by atoms with van der Waals surface area (Å²) >= 11 is 3.41. The van der Waals surface area contributed by atoms with Crippen LogP contribution in [0.25, 0.3) is 0 Å². The van der Waals surface area contributed by atoms with Gasteiger partial charge in [-0.2, -0.15) is 0 Å². The van der Waals surface area contributed by atoms with Crippen LogP contribution in [0.2, 0.25) is 19.1 Å². The predicted octanol–water partition coefficient (Wildman–Crippen LogP) is 1.27. The maximum absolute atomic E-state index is 5.50. The fourth-order valence-corrected chi connectivity index (χ4v) is 3.24. The normalized spacial score (nSPS) is 12.3. The van der Waals surface area contributed by atoms with Crippen LogP contribution in [-0.2, 0) is 4.12 Å². The highest BCUT2D eigenvalue weighted by molar-refractivity contribution is 9.09. The third-order valence-electron chi connectivity index (χ3n) is 1.47. The Balaban J connectivity index is 3.33. The first-order valence-corrected chi connectivity index (χ1v) is 8.29. The maximum Gasteiger partial charge on any atom is 0.172 e. The minimum absolute atomic E-state index is 0.911. The molecule has 0 aromatic carbocycles. The van der Waals surface area contributed by atoms with Crippen molar-refractivity contribution in [1.29, 1.82) is 0 Å². The van der Waals surface area contributed by atoms with Gasteiger partial charge < -0.3 is 4.12 Å². The van der Waals surface area contributed by atoms with Crippen LogP contribution < -0.4 is 0 Å². The summed E-state index contributed by atoms with van der Waals surface area (Å²) in [6, 6.07) is 1.29. The van der Waals surface area contributed by atoms with Gasteiger partial charge in [-0.05, 0) is 25.6 Å². The molecule has 0 aliphatic carbocycles. The molecule has 0 saturated heterocycles. The minimum Gasteiger partial charge on any atom is -0.463 e. The Morgan fingerprint density at radius 3 is 2.44 bits per heavy atom. The predicted molar refractivity (Wildman–Crippen MR) is 51.7 cm³/mol. The van der Waals surface area contributed by atoms with E-state index in [1.165, 1.54) is 12.5 Å². The van der Waals surface area contributed by atoms with Crippen molar-refractivity contribution in [3.8, 4) is 0 Å². The molecule has 0 aromatic rings. The highest BCUT2D eigenvalue weighted by atomic mass is 79.9. The summed E-state index contributed by atoms with van der Waals surface area (Å²) in [6.45, 7) is 4.56. The van der Waals surface area contributed by atoms with Crippen molar-refractivity contribution >= 4 is 34.7 Å². The SMILES string of the molecule is C[Si](C)(CCCBr)O[SiH3]. The van der Waals surface area contributed by atoms with Crippen LogP contribution in [0.5, 0.6) is 0 Å². The fourth-order valence-electron chi connectivity index (χ4n) is 0.595. The van der Waals surface area contributed by atoms with Crippen LogP contribution in [0.1, 0.15) is 6.42 Å². The van der Waals surface area contributed by atoms with Gasteiger partial charge in [-0.1, -0.05) is 15.9 Å². The monoisotopic (exact) mass is 226 g/mol. The van der Waals surface area contributed by atoms with Crippen molar-refractivity contribution in [3.05, 3.63) is 0 Å². The largest absolute Gasteiger partial charge is 0.463 e. The Morgan fingerprint density at radius 2 is 2.11 bits per heavy atom. The number of hydrogen-bond donors (Lipinski definition) is 0. The zero-order valence-corrected chi connectivity index (χ0v) is 11.0. The summed E-state index contributed by atoms with van der Waals surface area (Å²) in [5.74, 6) is 0. The molecule has 0 radical (unpaired) electrons. The lowest BCUT2D eigenvalue weighted by Crippen LogP contribution is -2.28. The second-order valence-electron chi connectivity index (χ2n) is 2.76. The van der Waals surface area contributed by atoms with E-state index < -0.39 is 8.32 Å². The van der Waals surface area contributed by atoms with Gasteiger partial charge in [-0.15, -0.1) is 0 Å². The van der Waals surface area contributed by atoms with Crippen molar-refractivity contribution < 1.29 is 4.12 Å².